The van der Waals surface area contributed by atoms with E-state index in [0.29, 0.717) is 12.3 Å². The van der Waals surface area contributed by atoms with Crippen LogP contribution in [-0.4, -0.2) is 19.9 Å². The lowest BCUT2D eigenvalue weighted by Crippen LogP contribution is -2.08. The van der Waals surface area contributed by atoms with Crippen LogP contribution in [0.2, 0.25) is 0 Å². The highest BCUT2D eigenvalue weighted by Crippen LogP contribution is 2.21. The highest BCUT2D eigenvalue weighted by Gasteiger charge is 2.07. The molecule has 2 nitrogen and oxygen atoms in total. The molecule has 0 N–H and O–H groups in total. The Labute approximate surface area is 91.9 Å². The second kappa shape index (κ2) is 4.96. The van der Waals surface area contributed by atoms with Gasteiger partial charge in [-0.3, -0.25) is 0 Å². The Morgan fingerprint density at radius 1 is 1.27 bits per heavy atom. The molecule has 0 bridgehead atoms. The number of Topliss-reactive ketones (excluding diaryl/α,β-unsaturated/α-hetero) is 1. The molecule has 0 aliphatic rings. The molecule has 0 aliphatic carbocycles. The third-order valence-electron chi connectivity index (χ3n) is 2.57. The lowest BCUT2D eigenvalue weighted by atomic mass is 9.96. The van der Waals surface area contributed by atoms with Crippen molar-refractivity contribution in [2.24, 2.45) is 0 Å². The van der Waals surface area contributed by atoms with E-state index in [2.05, 4.69) is 36.1 Å². The molecule has 0 fully saturated rings. The van der Waals surface area contributed by atoms with Gasteiger partial charge in [-0.15, -0.1) is 0 Å². The van der Waals surface area contributed by atoms with Crippen LogP contribution in [0.1, 0.15) is 31.7 Å². The zero-order valence-corrected chi connectivity index (χ0v) is 9.95. The zero-order chi connectivity index (χ0) is 11.4. The van der Waals surface area contributed by atoms with Crippen molar-refractivity contribution in [3.05, 3.63) is 29.8 Å². The summed E-state index contributed by atoms with van der Waals surface area (Å²) >= 11 is 0. The molecule has 0 radical (unpaired) electrons. The summed E-state index contributed by atoms with van der Waals surface area (Å²) in [7, 11) is 4.04. The molecule has 1 unspecified atom stereocenters. The standard InChI is InChI=1S/C13H19NO/c1-10(9-11(2)15)12-5-7-13(8-6-12)14(3)4/h5-8,10H,9H2,1-4H3. The van der Waals surface area contributed by atoms with Crippen LogP contribution in [0, 0.1) is 0 Å². The fourth-order valence-corrected chi connectivity index (χ4v) is 1.65. The van der Waals surface area contributed by atoms with E-state index in [4.69, 9.17) is 0 Å². The first-order chi connectivity index (χ1) is 7.00. The van der Waals surface area contributed by atoms with Crippen molar-refractivity contribution < 1.29 is 4.79 Å². The van der Waals surface area contributed by atoms with E-state index in [9.17, 15) is 4.79 Å². The van der Waals surface area contributed by atoms with Gasteiger partial charge in [0, 0.05) is 26.2 Å². The van der Waals surface area contributed by atoms with Gasteiger partial charge in [0.15, 0.2) is 0 Å². The van der Waals surface area contributed by atoms with Crippen LogP contribution in [0.4, 0.5) is 5.69 Å². The molecule has 1 atom stereocenters. The van der Waals surface area contributed by atoms with Crippen LogP contribution in [0.15, 0.2) is 24.3 Å². The lowest BCUT2D eigenvalue weighted by Gasteiger charge is -2.15. The summed E-state index contributed by atoms with van der Waals surface area (Å²) in [6.45, 7) is 3.73. The van der Waals surface area contributed by atoms with Gasteiger partial charge in [-0.05, 0) is 30.5 Å². The highest BCUT2D eigenvalue weighted by molar-refractivity contribution is 5.76. The molecule has 0 aromatic heterocycles. The summed E-state index contributed by atoms with van der Waals surface area (Å²) in [5, 5.41) is 0. The van der Waals surface area contributed by atoms with Crippen LogP contribution in [0.25, 0.3) is 0 Å². The molecule has 0 spiro atoms. The predicted molar refractivity (Wildman–Crippen MR) is 64.5 cm³/mol. The molecule has 15 heavy (non-hydrogen) atoms. The van der Waals surface area contributed by atoms with Gasteiger partial charge in [0.2, 0.25) is 0 Å². The minimum absolute atomic E-state index is 0.249. The first-order valence-corrected chi connectivity index (χ1v) is 5.27. The van der Waals surface area contributed by atoms with Crippen LogP contribution >= 0.6 is 0 Å². The Balaban J connectivity index is 2.75. The fraction of sp³-hybridized carbons (Fsp3) is 0.462. The Hall–Kier alpha value is -1.31. The molecule has 0 aliphatic heterocycles. The zero-order valence-electron chi connectivity index (χ0n) is 9.95. The highest BCUT2D eigenvalue weighted by atomic mass is 16.1. The molecule has 1 aromatic carbocycles. The van der Waals surface area contributed by atoms with Gasteiger partial charge in [-0.25, -0.2) is 0 Å². The Kier molecular flexibility index (Phi) is 3.89. The summed E-state index contributed by atoms with van der Waals surface area (Å²) in [4.78, 5) is 13.1. The number of nitrogens with zero attached hydrogens (tertiary/aromatic N) is 1. The first-order valence-electron chi connectivity index (χ1n) is 5.27. The molecule has 0 saturated heterocycles. The number of carbonyl (C=O) groups is 1. The molecule has 0 amide bonds. The van der Waals surface area contributed by atoms with Crippen LogP contribution in [-0.2, 0) is 4.79 Å². The topological polar surface area (TPSA) is 20.3 Å². The monoisotopic (exact) mass is 205 g/mol. The smallest absolute Gasteiger partial charge is 0.130 e. The van der Waals surface area contributed by atoms with E-state index in [1.807, 2.05) is 14.1 Å². The van der Waals surface area contributed by atoms with Gasteiger partial charge in [-0.1, -0.05) is 19.1 Å². The maximum Gasteiger partial charge on any atom is 0.130 e. The largest absolute Gasteiger partial charge is 0.378 e. The van der Waals surface area contributed by atoms with E-state index in [0.717, 1.165) is 0 Å². The number of carbonyl (C=O) groups excluding carboxylic acids is 1. The molecule has 2 heteroatoms. The molecule has 0 saturated carbocycles. The Bertz CT molecular complexity index is 327. The minimum Gasteiger partial charge on any atom is -0.378 e. The van der Waals surface area contributed by atoms with Crippen LogP contribution in [0.3, 0.4) is 0 Å². The number of ketones is 1. The van der Waals surface area contributed by atoms with Gasteiger partial charge in [0.05, 0.1) is 0 Å². The maximum atomic E-state index is 11.0. The van der Waals surface area contributed by atoms with Gasteiger partial charge in [0.25, 0.3) is 0 Å². The van der Waals surface area contributed by atoms with Crippen molar-refractivity contribution in [3.63, 3.8) is 0 Å². The number of hydrogen-bond acceptors (Lipinski definition) is 2. The number of hydrogen-bond donors (Lipinski definition) is 0. The first kappa shape index (κ1) is 11.8. The predicted octanol–water partition coefficient (Wildman–Crippen LogP) is 2.84. The van der Waals surface area contributed by atoms with Crippen molar-refractivity contribution in [2.75, 3.05) is 19.0 Å². The summed E-state index contributed by atoms with van der Waals surface area (Å²) in [5.41, 5.74) is 2.42. The van der Waals surface area contributed by atoms with Gasteiger partial charge in [-0.2, -0.15) is 0 Å². The lowest BCUT2D eigenvalue weighted by molar-refractivity contribution is -0.117. The van der Waals surface area contributed by atoms with Crippen LogP contribution < -0.4 is 4.90 Å². The second-order valence-corrected chi connectivity index (χ2v) is 4.29. The Morgan fingerprint density at radius 3 is 2.20 bits per heavy atom. The van der Waals surface area contributed by atoms with E-state index in [1.54, 1.807) is 6.92 Å². The summed E-state index contributed by atoms with van der Waals surface area (Å²) in [6, 6.07) is 8.38. The third-order valence-corrected chi connectivity index (χ3v) is 2.57. The van der Waals surface area contributed by atoms with E-state index >= 15 is 0 Å². The van der Waals surface area contributed by atoms with Crippen LogP contribution in [0.5, 0.6) is 0 Å². The number of benzene rings is 1. The van der Waals surface area contributed by atoms with Gasteiger partial charge >= 0.3 is 0 Å². The Morgan fingerprint density at radius 2 is 1.80 bits per heavy atom. The van der Waals surface area contributed by atoms with Crippen molar-refractivity contribution in [1.82, 2.24) is 0 Å². The average Bonchev–Trinajstić information content (AvgIpc) is 2.17. The molecule has 1 rings (SSSR count). The maximum absolute atomic E-state index is 11.0. The van der Waals surface area contributed by atoms with Gasteiger partial charge < -0.3 is 9.69 Å². The third kappa shape index (κ3) is 3.39. The molecular formula is C13H19NO. The molecular weight excluding hydrogens is 186 g/mol. The molecule has 0 heterocycles. The van der Waals surface area contributed by atoms with E-state index < -0.39 is 0 Å². The normalized spacial score (nSPS) is 12.3. The average molecular weight is 205 g/mol. The number of anilines is 1. The second-order valence-electron chi connectivity index (χ2n) is 4.29. The fourth-order valence-electron chi connectivity index (χ4n) is 1.65. The SMILES string of the molecule is CC(=O)CC(C)c1ccc(N(C)C)cc1. The van der Waals surface area contributed by atoms with Gasteiger partial charge in [0.1, 0.15) is 5.78 Å². The van der Waals surface area contributed by atoms with Crippen molar-refractivity contribution in [3.8, 4) is 0 Å². The molecule has 1 aromatic rings. The molecule has 82 valence electrons. The number of rotatable bonds is 4. The summed E-state index contributed by atoms with van der Waals surface area (Å²) in [5.74, 6) is 0.567. The van der Waals surface area contributed by atoms with E-state index in [1.165, 1.54) is 11.3 Å². The van der Waals surface area contributed by atoms with Crippen molar-refractivity contribution in [1.29, 1.82) is 0 Å². The van der Waals surface area contributed by atoms with Crippen molar-refractivity contribution in [2.45, 2.75) is 26.2 Å². The van der Waals surface area contributed by atoms with E-state index in [-0.39, 0.29) is 5.78 Å². The quantitative estimate of drug-likeness (QED) is 0.753. The summed E-state index contributed by atoms with van der Waals surface area (Å²) < 4.78 is 0. The van der Waals surface area contributed by atoms with Crippen molar-refractivity contribution >= 4 is 11.5 Å². The minimum atomic E-state index is 0.249. The summed E-state index contributed by atoms with van der Waals surface area (Å²) in [6.07, 6.45) is 0.626.